The van der Waals surface area contributed by atoms with E-state index in [1.54, 1.807) is 4.90 Å². The van der Waals surface area contributed by atoms with Gasteiger partial charge in [-0.15, -0.1) is 0 Å². The molecule has 0 radical (unpaired) electrons. The van der Waals surface area contributed by atoms with Crippen LogP contribution in [0.1, 0.15) is 37.8 Å². The summed E-state index contributed by atoms with van der Waals surface area (Å²) >= 11 is 0. The predicted molar refractivity (Wildman–Crippen MR) is 130 cm³/mol. The van der Waals surface area contributed by atoms with Crippen molar-refractivity contribution in [2.24, 2.45) is 5.92 Å². The lowest BCUT2D eigenvalue weighted by Crippen LogP contribution is -2.54. The first-order valence-corrected chi connectivity index (χ1v) is 12.2. The molecule has 186 valence electrons. The number of hydroxylamine groups is 2. The summed E-state index contributed by atoms with van der Waals surface area (Å²) < 4.78 is 5.44. The van der Waals surface area contributed by atoms with E-state index in [0.717, 1.165) is 11.1 Å². The standard InChI is InChI=1S/C27H33N3O5/c1-19(2)17-34-26(32)23(15-20-9-5-3-6-10-20)28-25(31)24-14-13-22-16-29(24)27(33)30(22)35-18-21-11-7-4-8-12-21/h3-12,19,22-24H,13-18H2,1-2H3,(H,28,31)/t22?,23-,24+/m1/s1. The number of piperidine rings is 1. The maximum atomic E-state index is 13.3. The second-order valence-electron chi connectivity index (χ2n) is 9.54. The van der Waals surface area contributed by atoms with Gasteiger partial charge in [0.15, 0.2) is 0 Å². The third-order valence-electron chi connectivity index (χ3n) is 6.28. The maximum Gasteiger partial charge on any atom is 0.345 e. The Hall–Kier alpha value is -3.39. The van der Waals surface area contributed by atoms with Gasteiger partial charge in [-0.1, -0.05) is 74.5 Å². The molecular formula is C27H33N3O5. The van der Waals surface area contributed by atoms with Crippen molar-refractivity contribution < 1.29 is 24.0 Å². The lowest BCUT2D eigenvalue weighted by Gasteiger charge is -2.30. The molecule has 0 spiro atoms. The van der Waals surface area contributed by atoms with Crippen LogP contribution in [0.3, 0.4) is 0 Å². The molecule has 1 N–H and O–H groups in total. The van der Waals surface area contributed by atoms with Crippen LogP contribution < -0.4 is 5.32 Å². The molecule has 3 atom stereocenters. The van der Waals surface area contributed by atoms with Gasteiger partial charge in [-0.25, -0.2) is 9.59 Å². The molecule has 2 aromatic carbocycles. The molecule has 3 amide bonds. The van der Waals surface area contributed by atoms with Crippen LogP contribution in [0.5, 0.6) is 0 Å². The molecule has 0 saturated carbocycles. The largest absolute Gasteiger partial charge is 0.464 e. The zero-order chi connectivity index (χ0) is 24.8. The fourth-order valence-corrected chi connectivity index (χ4v) is 4.45. The summed E-state index contributed by atoms with van der Waals surface area (Å²) in [5.41, 5.74) is 1.88. The monoisotopic (exact) mass is 479 g/mol. The average Bonchev–Trinajstić information content (AvgIpc) is 3.10. The van der Waals surface area contributed by atoms with Gasteiger partial charge in [0.2, 0.25) is 5.91 Å². The Labute approximate surface area is 206 Å². The molecule has 8 nitrogen and oxygen atoms in total. The number of urea groups is 1. The Morgan fingerprint density at radius 2 is 1.66 bits per heavy atom. The van der Waals surface area contributed by atoms with Gasteiger partial charge < -0.3 is 15.0 Å². The number of carbonyl (C=O) groups excluding carboxylic acids is 3. The van der Waals surface area contributed by atoms with E-state index in [4.69, 9.17) is 9.57 Å². The van der Waals surface area contributed by atoms with Crippen LogP contribution in [0.15, 0.2) is 60.7 Å². The van der Waals surface area contributed by atoms with Gasteiger partial charge in [0.1, 0.15) is 18.7 Å². The first-order valence-electron chi connectivity index (χ1n) is 12.2. The Bertz CT molecular complexity index is 1010. The molecule has 2 fully saturated rings. The molecule has 35 heavy (non-hydrogen) atoms. The maximum absolute atomic E-state index is 13.3. The number of hydrogen-bond donors (Lipinski definition) is 1. The van der Waals surface area contributed by atoms with Crippen LogP contribution in [0.4, 0.5) is 4.79 Å². The Kier molecular flexibility index (Phi) is 8.02. The molecule has 2 aromatic rings. The van der Waals surface area contributed by atoms with E-state index in [-0.39, 0.29) is 37.1 Å². The van der Waals surface area contributed by atoms with Crippen LogP contribution in [-0.2, 0) is 32.2 Å². The highest BCUT2D eigenvalue weighted by atomic mass is 16.7. The van der Waals surface area contributed by atoms with E-state index in [1.807, 2.05) is 74.5 Å². The van der Waals surface area contributed by atoms with Crippen molar-refractivity contribution in [3.8, 4) is 0 Å². The normalized spacial score (nSPS) is 20.1. The predicted octanol–water partition coefficient (Wildman–Crippen LogP) is 3.31. The van der Waals surface area contributed by atoms with Gasteiger partial charge in [-0.05, 0) is 29.9 Å². The lowest BCUT2D eigenvalue weighted by atomic mass is 9.99. The molecule has 2 aliphatic heterocycles. The number of carbonyl (C=O) groups is 3. The number of rotatable bonds is 10. The smallest absolute Gasteiger partial charge is 0.345 e. The van der Waals surface area contributed by atoms with Crippen LogP contribution in [0.25, 0.3) is 0 Å². The summed E-state index contributed by atoms with van der Waals surface area (Å²) in [6, 6.07) is 17.3. The minimum atomic E-state index is -0.829. The fraction of sp³-hybridized carbons (Fsp3) is 0.444. The summed E-state index contributed by atoms with van der Waals surface area (Å²) in [4.78, 5) is 46.6. The van der Waals surface area contributed by atoms with Crippen molar-refractivity contribution in [3.05, 3.63) is 71.8 Å². The van der Waals surface area contributed by atoms with Crippen LogP contribution in [0.2, 0.25) is 0 Å². The second-order valence-corrected chi connectivity index (χ2v) is 9.54. The summed E-state index contributed by atoms with van der Waals surface area (Å²) in [5, 5.41) is 4.27. The van der Waals surface area contributed by atoms with E-state index >= 15 is 0 Å². The van der Waals surface area contributed by atoms with Crippen LogP contribution >= 0.6 is 0 Å². The SMILES string of the molecule is CC(C)COC(=O)[C@@H](Cc1ccccc1)NC(=O)[C@@H]1CCC2CN1C(=O)N2OCc1ccccc1. The molecule has 2 bridgehead atoms. The Morgan fingerprint density at radius 3 is 2.31 bits per heavy atom. The van der Waals surface area contributed by atoms with Gasteiger partial charge >= 0.3 is 12.0 Å². The third kappa shape index (κ3) is 6.19. The number of esters is 1. The Morgan fingerprint density at radius 1 is 1.00 bits per heavy atom. The third-order valence-corrected chi connectivity index (χ3v) is 6.28. The van der Waals surface area contributed by atoms with Crippen molar-refractivity contribution in [1.82, 2.24) is 15.3 Å². The highest BCUT2D eigenvalue weighted by Gasteiger charge is 2.48. The molecule has 1 unspecified atom stereocenters. The molecule has 2 saturated heterocycles. The van der Waals surface area contributed by atoms with E-state index in [9.17, 15) is 14.4 Å². The van der Waals surface area contributed by atoms with Crippen molar-refractivity contribution in [1.29, 1.82) is 0 Å². The number of benzene rings is 2. The summed E-state index contributed by atoms with van der Waals surface area (Å²) in [6.07, 6.45) is 1.47. The average molecular weight is 480 g/mol. The number of nitrogens with zero attached hydrogens (tertiary/aromatic N) is 2. The molecule has 2 heterocycles. The van der Waals surface area contributed by atoms with Crippen LogP contribution in [-0.4, -0.2) is 59.1 Å². The van der Waals surface area contributed by atoms with Crippen molar-refractivity contribution in [2.75, 3.05) is 13.2 Å². The lowest BCUT2D eigenvalue weighted by molar-refractivity contribution is -0.149. The second kappa shape index (κ2) is 11.4. The number of ether oxygens (including phenoxy) is 1. The van der Waals surface area contributed by atoms with Gasteiger partial charge in [0, 0.05) is 13.0 Å². The zero-order valence-electron chi connectivity index (χ0n) is 20.3. The molecule has 8 heteroatoms. The molecular weight excluding hydrogens is 446 g/mol. The summed E-state index contributed by atoms with van der Waals surface area (Å²) in [5.74, 6) is -0.624. The van der Waals surface area contributed by atoms with E-state index < -0.39 is 18.1 Å². The van der Waals surface area contributed by atoms with Crippen molar-refractivity contribution in [2.45, 2.75) is 57.8 Å². The van der Waals surface area contributed by atoms with Crippen LogP contribution in [0, 0.1) is 5.92 Å². The molecule has 0 aliphatic carbocycles. The Balaban J connectivity index is 1.40. The van der Waals surface area contributed by atoms with Gasteiger partial charge in [0.05, 0.1) is 12.6 Å². The van der Waals surface area contributed by atoms with E-state index in [0.29, 0.717) is 25.8 Å². The van der Waals surface area contributed by atoms with Gasteiger partial charge in [-0.2, -0.15) is 5.06 Å². The first-order chi connectivity index (χ1) is 16.9. The summed E-state index contributed by atoms with van der Waals surface area (Å²) in [6.45, 7) is 4.91. The highest BCUT2D eigenvalue weighted by molar-refractivity contribution is 5.91. The number of fused-ring (bicyclic) bond motifs is 2. The first kappa shape index (κ1) is 24.7. The molecule has 4 rings (SSSR count). The van der Waals surface area contributed by atoms with Crippen molar-refractivity contribution in [3.63, 3.8) is 0 Å². The number of nitrogens with one attached hydrogen (secondary N) is 1. The minimum Gasteiger partial charge on any atom is -0.464 e. The van der Waals surface area contributed by atoms with Crippen molar-refractivity contribution >= 4 is 17.9 Å². The van der Waals surface area contributed by atoms with Gasteiger partial charge in [0.25, 0.3) is 0 Å². The number of amides is 3. The van der Waals surface area contributed by atoms with E-state index in [1.165, 1.54) is 5.06 Å². The molecule has 2 aliphatic rings. The molecule has 0 aromatic heterocycles. The highest BCUT2D eigenvalue weighted by Crippen LogP contribution is 2.30. The number of hydrogen-bond acceptors (Lipinski definition) is 5. The zero-order valence-corrected chi connectivity index (χ0v) is 20.3. The summed E-state index contributed by atoms with van der Waals surface area (Å²) in [7, 11) is 0. The fourth-order valence-electron chi connectivity index (χ4n) is 4.45. The van der Waals surface area contributed by atoms with Gasteiger partial charge in [-0.3, -0.25) is 9.63 Å². The van der Waals surface area contributed by atoms with E-state index in [2.05, 4.69) is 5.32 Å². The topological polar surface area (TPSA) is 88.2 Å². The minimum absolute atomic E-state index is 0.0913. The quantitative estimate of drug-likeness (QED) is 0.528.